The van der Waals surface area contributed by atoms with Crippen molar-refractivity contribution in [3.8, 4) is 5.75 Å². The fourth-order valence-corrected chi connectivity index (χ4v) is 4.36. The van der Waals surface area contributed by atoms with Crippen LogP contribution in [0, 0.1) is 3.57 Å². The molecule has 3 rings (SSSR count). The lowest BCUT2D eigenvalue weighted by Gasteiger charge is -2.46. The topological polar surface area (TPSA) is 89.2 Å². The summed E-state index contributed by atoms with van der Waals surface area (Å²) < 4.78 is 43.3. The van der Waals surface area contributed by atoms with Crippen LogP contribution < -0.4 is 21.1 Å². The van der Waals surface area contributed by atoms with E-state index < -0.39 is 12.0 Å². The van der Waals surface area contributed by atoms with Gasteiger partial charge in [0.15, 0.2) is 0 Å². The van der Waals surface area contributed by atoms with Crippen molar-refractivity contribution in [2.75, 3.05) is 4.90 Å². The monoisotopic (exact) mass is 545 g/mol. The van der Waals surface area contributed by atoms with Crippen LogP contribution in [-0.4, -0.2) is 23.9 Å². The van der Waals surface area contributed by atoms with Crippen molar-refractivity contribution in [2.24, 2.45) is 21.5 Å². The second-order valence-corrected chi connectivity index (χ2v) is 8.04. The average molecular weight is 546 g/mol. The van der Waals surface area contributed by atoms with Gasteiger partial charge in [0.2, 0.25) is 11.9 Å². The molecule has 26 heavy (non-hydrogen) atoms. The first-order valence-electron chi connectivity index (χ1n) is 7.86. The number of hydrogen-bond donors (Lipinski definition) is 2. The number of rotatable bonds is 2. The summed E-state index contributed by atoms with van der Waals surface area (Å²) in [6.45, 7) is 0. The number of nitrogens with two attached hydrogens (primary N) is 2. The maximum absolute atomic E-state index is 12.7. The molecule has 0 saturated heterocycles. The van der Waals surface area contributed by atoms with Gasteiger partial charge in [0.1, 0.15) is 11.4 Å². The van der Waals surface area contributed by atoms with Gasteiger partial charge in [0, 0.05) is 10.5 Å². The Morgan fingerprint density at radius 3 is 2.46 bits per heavy atom. The van der Waals surface area contributed by atoms with Gasteiger partial charge in [-0.15, -0.1) is 13.2 Å². The summed E-state index contributed by atoms with van der Waals surface area (Å²) in [5.41, 5.74) is 11.7. The molecule has 1 spiro atoms. The van der Waals surface area contributed by atoms with Crippen molar-refractivity contribution < 1.29 is 17.9 Å². The number of hydrogen-bond acceptors (Lipinski definition) is 6. The van der Waals surface area contributed by atoms with E-state index in [2.05, 4.69) is 30.7 Å². The maximum atomic E-state index is 12.7. The molecule has 1 aliphatic carbocycles. The second-order valence-electron chi connectivity index (χ2n) is 6.10. The Morgan fingerprint density at radius 2 is 1.85 bits per heavy atom. The number of benzene rings is 1. The lowest BCUT2D eigenvalue weighted by Crippen LogP contribution is -2.58. The smallest absolute Gasteiger partial charge is 0.406 e. The van der Waals surface area contributed by atoms with Crippen LogP contribution in [0.1, 0.15) is 32.1 Å². The number of alkyl halides is 3. The van der Waals surface area contributed by atoms with Gasteiger partial charge in [0.05, 0.1) is 9.26 Å². The van der Waals surface area contributed by atoms with Gasteiger partial charge in [-0.05, 0) is 70.3 Å². The van der Waals surface area contributed by atoms with E-state index in [1.165, 1.54) is 12.1 Å². The van der Waals surface area contributed by atoms with Crippen LogP contribution in [0.5, 0.6) is 5.75 Å². The number of aliphatic imine (C=N–C) groups is 2. The summed E-state index contributed by atoms with van der Waals surface area (Å²) in [6.07, 6.45) is -0.547. The average Bonchev–Trinajstić information content (AvgIpc) is 2.50. The van der Waals surface area contributed by atoms with Gasteiger partial charge < -0.3 is 16.2 Å². The quantitative estimate of drug-likeness (QED) is 0.548. The highest BCUT2D eigenvalue weighted by molar-refractivity contribution is 14.1. The minimum atomic E-state index is -4.80. The van der Waals surface area contributed by atoms with Gasteiger partial charge in [-0.2, -0.15) is 4.99 Å². The third-order valence-corrected chi connectivity index (χ3v) is 6.81. The Hall–Kier alpha value is -1.24. The maximum Gasteiger partial charge on any atom is 0.573 e. The van der Waals surface area contributed by atoms with Crippen LogP contribution in [0.15, 0.2) is 26.6 Å². The lowest BCUT2D eigenvalue weighted by atomic mass is 9.87. The molecule has 1 saturated carbocycles. The highest BCUT2D eigenvalue weighted by Crippen LogP contribution is 2.44. The number of ether oxygens (including phenoxy) is 1. The van der Waals surface area contributed by atoms with E-state index in [4.69, 9.17) is 11.5 Å². The molecule has 1 fully saturated rings. The van der Waals surface area contributed by atoms with E-state index in [9.17, 15) is 13.2 Å². The molecule has 2 aliphatic rings. The largest absolute Gasteiger partial charge is 0.573 e. The summed E-state index contributed by atoms with van der Waals surface area (Å²) in [5, 5.41) is 0. The van der Waals surface area contributed by atoms with E-state index >= 15 is 0 Å². The standard InChI is InChI=1S/C15H16BrF3IN5O/c16-9-6-8(26-15(17,18)19)7-10(11(9)20)25-13(22)23-12(21)24-14(25)4-2-1-3-5-14/h6-7H,1-5H2,(H4,21,22,23,24). The molecule has 4 N–H and O–H groups in total. The Morgan fingerprint density at radius 1 is 1.19 bits per heavy atom. The van der Waals surface area contributed by atoms with Gasteiger partial charge in [-0.3, -0.25) is 4.90 Å². The van der Waals surface area contributed by atoms with Gasteiger partial charge in [-0.25, -0.2) is 4.99 Å². The molecule has 0 bridgehead atoms. The molecule has 0 amide bonds. The lowest BCUT2D eigenvalue weighted by molar-refractivity contribution is -0.274. The van der Waals surface area contributed by atoms with Gasteiger partial charge in [-0.1, -0.05) is 6.42 Å². The van der Waals surface area contributed by atoms with Crippen molar-refractivity contribution in [3.63, 3.8) is 0 Å². The highest BCUT2D eigenvalue weighted by Gasteiger charge is 2.44. The van der Waals surface area contributed by atoms with Crippen LogP contribution in [0.3, 0.4) is 0 Å². The molecule has 1 aliphatic heterocycles. The van der Waals surface area contributed by atoms with Crippen molar-refractivity contribution in [1.82, 2.24) is 0 Å². The summed E-state index contributed by atoms with van der Waals surface area (Å²) in [6, 6.07) is 2.57. The first-order valence-corrected chi connectivity index (χ1v) is 9.73. The van der Waals surface area contributed by atoms with Gasteiger partial charge >= 0.3 is 6.36 Å². The number of nitrogens with zero attached hydrogens (tertiary/aromatic N) is 3. The molecular weight excluding hydrogens is 530 g/mol. The predicted octanol–water partition coefficient (Wildman–Crippen LogP) is 4.06. The number of guanidine groups is 2. The fourth-order valence-electron chi connectivity index (χ4n) is 3.38. The van der Waals surface area contributed by atoms with Crippen LogP contribution in [0.4, 0.5) is 18.9 Å². The normalized spacial score (nSPS) is 20.0. The van der Waals surface area contributed by atoms with Crippen molar-refractivity contribution >= 4 is 56.1 Å². The molecule has 142 valence electrons. The summed E-state index contributed by atoms with van der Waals surface area (Å²) in [7, 11) is 0. The van der Waals surface area contributed by atoms with Crippen LogP contribution in [0.25, 0.3) is 0 Å². The molecule has 0 unspecified atom stereocenters. The molecular formula is C15H16BrF3IN5O. The molecule has 1 heterocycles. The van der Waals surface area contributed by atoms with E-state index in [-0.39, 0.29) is 17.7 Å². The minimum absolute atomic E-state index is 0.0809. The molecule has 1 aromatic carbocycles. The van der Waals surface area contributed by atoms with Gasteiger partial charge in [0.25, 0.3) is 0 Å². The van der Waals surface area contributed by atoms with E-state index in [1.807, 2.05) is 22.6 Å². The highest BCUT2D eigenvalue weighted by atomic mass is 127. The molecule has 0 atom stereocenters. The third-order valence-electron chi connectivity index (χ3n) is 4.31. The Kier molecular flexibility index (Phi) is 5.30. The summed E-state index contributed by atoms with van der Waals surface area (Å²) in [4.78, 5) is 10.2. The predicted molar refractivity (Wildman–Crippen MR) is 105 cm³/mol. The first-order chi connectivity index (χ1) is 12.1. The number of anilines is 1. The molecule has 0 radical (unpaired) electrons. The fraction of sp³-hybridized carbons (Fsp3) is 0.467. The Labute approximate surface area is 170 Å². The second kappa shape index (κ2) is 7.06. The van der Waals surface area contributed by atoms with Crippen LogP contribution >= 0.6 is 38.5 Å². The zero-order valence-corrected chi connectivity index (χ0v) is 17.2. The first kappa shape index (κ1) is 19.5. The van der Waals surface area contributed by atoms with Crippen LogP contribution in [-0.2, 0) is 0 Å². The Balaban J connectivity index is 2.12. The zero-order valence-electron chi connectivity index (χ0n) is 13.5. The number of halogens is 5. The summed E-state index contributed by atoms with van der Waals surface area (Å²) in [5.74, 6) is -0.160. The zero-order chi connectivity index (χ0) is 19.1. The Bertz CT molecular complexity index is 777. The molecule has 6 nitrogen and oxygen atoms in total. The van der Waals surface area contributed by atoms with E-state index in [0.717, 1.165) is 19.3 Å². The molecule has 11 heteroatoms. The van der Waals surface area contributed by atoms with Crippen LogP contribution in [0.2, 0.25) is 0 Å². The molecule has 0 aromatic heterocycles. The minimum Gasteiger partial charge on any atom is -0.406 e. The summed E-state index contributed by atoms with van der Waals surface area (Å²) >= 11 is 5.33. The third kappa shape index (κ3) is 3.87. The van der Waals surface area contributed by atoms with E-state index in [0.29, 0.717) is 26.6 Å². The van der Waals surface area contributed by atoms with E-state index in [1.54, 1.807) is 4.90 Å². The van der Waals surface area contributed by atoms with Crippen molar-refractivity contribution in [2.45, 2.75) is 44.1 Å². The molecule has 1 aromatic rings. The SMILES string of the molecule is NC1=NC2(CCCCC2)N(c2cc(OC(F)(F)F)cc(Br)c2I)C(N)=N1. The van der Waals surface area contributed by atoms with Crippen molar-refractivity contribution in [1.29, 1.82) is 0 Å². The van der Waals surface area contributed by atoms with Crippen molar-refractivity contribution in [3.05, 3.63) is 20.2 Å².